The van der Waals surface area contributed by atoms with Crippen LogP contribution in [0.5, 0.6) is 0 Å². The van der Waals surface area contributed by atoms with Crippen LogP contribution < -0.4 is 5.56 Å². The lowest BCUT2D eigenvalue weighted by molar-refractivity contribution is -0.143. The molecule has 0 aliphatic carbocycles. The third-order valence-corrected chi connectivity index (χ3v) is 5.85. The van der Waals surface area contributed by atoms with Gasteiger partial charge in [0.05, 0.1) is 12.4 Å². The number of nitrogens with zero attached hydrogens (tertiary/aromatic N) is 4. The van der Waals surface area contributed by atoms with Gasteiger partial charge in [-0.2, -0.15) is 0 Å². The summed E-state index contributed by atoms with van der Waals surface area (Å²) in [5.74, 6) is 1.80. The Morgan fingerprint density at radius 3 is 2.73 bits per heavy atom. The quantitative estimate of drug-likeness (QED) is 0.219. The molecular weight excluding hydrogens is 422 g/mol. The van der Waals surface area contributed by atoms with Gasteiger partial charge in [0, 0.05) is 29.6 Å². The Bertz CT molecular complexity index is 1040. The molecule has 0 aliphatic rings. The van der Waals surface area contributed by atoms with Crippen molar-refractivity contribution < 1.29 is 9.53 Å². The van der Waals surface area contributed by atoms with Crippen molar-refractivity contribution in [2.45, 2.75) is 42.8 Å². The Balaban J connectivity index is 1.73. The maximum atomic E-state index is 11.7. The number of aromatic nitrogens is 5. The largest absolute Gasteiger partial charge is 0.466 e. The number of hydrogen-bond donors (Lipinski definition) is 1. The lowest BCUT2D eigenvalue weighted by atomic mass is 10.3. The highest BCUT2D eigenvalue weighted by molar-refractivity contribution is 7.99. The van der Waals surface area contributed by atoms with Gasteiger partial charge in [0.1, 0.15) is 5.82 Å². The molecule has 2 heterocycles. The summed E-state index contributed by atoms with van der Waals surface area (Å²) in [5, 5.41) is 10.0. The number of nitrogens with one attached hydrogen (secondary N) is 1. The first kappa shape index (κ1) is 22.1. The first-order chi connectivity index (χ1) is 14.6. The molecule has 2 aromatic heterocycles. The summed E-state index contributed by atoms with van der Waals surface area (Å²) < 4.78 is 6.96. The van der Waals surface area contributed by atoms with E-state index in [0.717, 1.165) is 22.4 Å². The lowest BCUT2D eigenvalue weighted by Crippen LogP contribution is -2.08. The minimum atomic E-state index is -0.181. The van der Waals surface area contributed by atoms with Gasteiger partial charge in [0.2, 0.25) is 0 Å². The van der Waals surface area contributed by atoms with Gasteiger partial charge in [-0.05, 0) is 32.4 Å². The summed E-state index contributed by atoms with van der Waals surface area (Å²) in [7, 11) is 0. The van der Waals surface area contributed by atoms with E-state index >= 15 is 0 Å². The van der Waals surface area contributed by atoms with Gasteiger partial charge in [-0.3, -0.25) is 14.2 Å². The summed E-state index contributed by atoms with van der Waals surface area (Å²) in [6, 6.07) is 11.3. The monoisotopic (exact) mass is 445 g/mol. The minimum absolute atomic E-state index is 0.174. The number of benzene rings is 1. The Labute approximate surface area is 182 Å². The molecule has 0 amide bonds. The average molecular weight is 446 g/mol. The molecule has 0 saturated heterocycles. The summed E-state index contributed by atoms with van der Waals surface area (Å²) in [4.78, 5) is 30.3. The van der Waals surface area contributed by atoms with Crippen LogP contribution in [0.1, 0.15) is 31.3 Å². The number of carbonyl (C=O) groups is 1. The van der Waals surface area contributed by atoms with Crippen molar-refractivity contribution >= 4 is 29.5 Å². The van der Waals surface area contributed by atoms with Gasteiger partial charge in [-0.25, -0.2) is 4.98 Å². The zero-order valence-electron chi connectivity index (χ0n) is 16.8. The molecule has 3 aromatic rings. The molecule has 10 heteroatoms. The number of para-hydroxylation sites is 1. The van der Waals surface area contributed by atoms with Crippen molar-refractivity contribution in [3.63, 3.8) is 0 Å². The fourth-order valence-corrected chi connectivity index (χ4v) is 4.43. The van der Waals surface area contributed by atoms with Gasteiger partial charge in [0.15, 0.2) is 10.3 Å². The third-order valence-electron chi connectivity index (χ3n) is 3.96. The number of carbonyl (C=O) groups excluding carboxylic acids is 1. The molecule has 0 bridgehead atoms. The van der Waals surface area contributed by atoms with Crippen molar-refractivity contribution in [3.05, 3.63) is 58.3 Å². The van der Waals surface area contributed by atoms with Crippen molar-refractivity contribution in [1.82, 2.24) is 24.7 Å². The molecule has 1 aromatic carbocycles. The molecule has 0 unspecified atom stereocenters. The van der Waals surface area contributed by atoms with Gasteiger partial charge in [-0.1, -0.05) is 41.7 Å². The van der Waals surface area contributed by atoms with Crippen molar-refractivity contribution in [2.75, 3.05) is 12.4 Å². The van der Waals surface area contributed by atoms with Crippen molar-refractivity contribution in [2.24, 2.45) is 0 Å². The molecule has 0 spiro atoms. The number of aromatic amines is 1. The van der Waals surface area contributed by atoms with E-state index < -0.39 is 0 Å². The van der Waals surface area contributed by atoms with Crippen LogP contribution in [0.25, 0.3) is 5.69 Å². The second kappa shape index (κ2) is 11.0. The molecule has 8 nitrogen and oxygen atoms in total. The standard InChI is InChI=1S/C20H23N5O3S2/c1-3-28-18(27)10-7-11-29-20-24-23-16(25(20)15-8-5-4-6-9-15)13-30-19-21-14(2)12-17(26)22-19/h4-6,8-9,12H,3,7,10-11,13H2,1-2H3,(H,21,22,26). The maximum Gasteiger partial charge on any atom is 0.305 e. The van der Waals surface area contributed by atoms with Crippen LogP contribution in [0.3, 0.4) is 0 Å². The van der Waals surface area contributed by atoms with Crippen LogP contribution in [0.4, 0.5) is 0 Å². The van der Waals surface area contributed by atoms with E-state index in [2.05, 4.69) is 20.2 Å². The number of H-pyrrole nitrogens is 1. The predicted molar refractivity (Wildman–Crippen MR) is 117 cm³/mol. The zero-order chi connectivity index (χ0) is 21.3. The zero-order valence-corrected chi connectivity index (χ0v) is 18.5. The Hall–Kier alpha value is -2.59. The first-order valence-electron chi connectivity index (χ1n) is 9.55. The van der Waals surface area contributed by atoms with Crippen LogP contribution in [-0.2, 0) is 15.3 Å². The summed E-state index contributed by atoms with van der Waals surface area (Å²) in [5.41, 5.74) is 1.45. The molecule has 0 atom stereocenters. The van der Waals surface area contributed by atoms with E-state index in [4.69, 9.17) is 4.74 Å². The highest BCUT2D eigenvalue weighted by Gasteiger charge is 2.15. The fourth-order valence-electron chi connectivity index (χ4n) is 2.69. The molecule has 0 radical (unpaired) electrons. The van der Waals surface area contributed by atoms with Crippen LogP contribution in [0, 0.1) is 6.92 Å². The molecule has 3 rings (SSSR count). The normalized spacial score (nSPS) is 10.9. The lowest BCUT2D eigenvalue weighted by Gasteiger charge is -2.10. The predicted octanol–water partition coefficient (Wildman–Crippen LogP) is 3.39. The molecule has 30 heavy (non-hydrogen) atoms. The topological polar surface area (TPSA) is 103 Å². The van der Waals surface area contributed by atoms with E-state index in [0.29, 0.717) is 36.1 Å². The highest BCUT2D eigenvalue weighted by atomic mass is 32.2. The number of hydrogen-bond acceptors (Lipinski definition) is 8. The number of esters is 1. The maximum absolute atomic E-state index is 11.7. The van der Waals surface area contributed by atoms with Crippen LogP contribution in [0.15, 0.2) is 51.5 Å². The number of thioether (sulfide) groups is 2. The molecule has 0 saturated carbocycles. The number of aryl methyl sites for hydroxylation is 1. The molecular formula is C20H23N5O3S2. The Kier molecular flexibility index (Phi) is 8.09. The smallest absolute Gasteiger partial charge is 0.305 e. The second-order valence-electron chi connectivity index (χ2n) is 6.31. The number of ether oxygens (including phenoxy) is 1. The van der Waals surface area contributed by atoms with Crippen molar-refractivity contribution in [1.29, 1.82) is 0 Å². The Morgan fingerprint density at radius 2 is 2.00 bits per heavy atom. The van der Waals surface area contributed by atoms with Gasteiger partial charge in [0.25, 0.3) is 5.56 Å². The van der Waals surface area contributed by atoms with E-state index in [1.165, 1.54) is 17.8 Å². The highest BCUT2D eigenvalue weighted by Crippen LogP contribution is 2.26. The van der Waals surface area contributed by atoms with Gasteiger partial charge >= 0.3 is 5.97 Å². The van der Waals surface area contributed by atoms with Crippen molar-refractivity contribution in [3.8, 4) is 5.69 Å². The van der Waals surface area contributed by atoms with E-state index in [1.54, 1.807) is 25.6 Å². The third kappa shape index (κ3) is 6.20. The van der Waals surface area contributed by atoms with Crippen LogP contribution in [0.2, 0.25) is 0 Å². The molecule has 1 N–H and O–H groups in total. The Morgan fingerprint density at radius 1 is 1.20 bits per heavy atom. The summed E-state index contributed by atoms with van der Waals surface area (Å²) in [6.07, 6.45) is 1.08. The number of rotatable bonds is 10. The molecule has 0 fully saturated rings. The van der Waals surface area contributed by atoms with Gasteiger partial charge < -0.3 is 9.72 Å². The van der Waals surface area contributed by atoms with Gasteiger partial charge in [-0.15, -0.1) is 10.2 Å². The minimum Gasteiger partial charge on any atom is -0.466 e. The summed E-state index contributed by atoms with van der Waals surface area (Å²) in [6.45, 7) is 3.99. The SMILES string of the molecule is CCOC(=O)CCCSc1nnc(CSc2nc(C)cc(=O)[nH]2)n1-c1ccccc1. The second-order valence-corrected chi connectivity index (χ2v) is 8.33. The molecule has 0 aliphatic heterocycles. The van der Waals surface area contributed by atoms with E-state index in [9.17, 15) is 9.59 Å². The molecule has 158 valence electrons. The van der Waals surface area contributed by atoms with Crippen LogP contribution in [-0.4, -0.2) is 43.1 Å². The first-order valence-corrected chi connectivity index (χ1v) is 11.5. The summed E-state index contributed by atoms with van der Waals surface area (Å²) >= 11 is 2.95. The van der Waals surface area contributed by atoms with Crippen LogP contribution >= 0.6 is 23.5 Å². The van der Waals surface area contributed by atoms with E-state index in [1.807, 2.05) is 34.9 Å². The van der Waals surface area contributed by atoms with E-state index in [-0.39, 0.29) is 11.5 Å². The average Bonchev–Trinajstić information content (AvgIpc) is 3.12. The fraction of sp³-hybridized carbons (Fsp3) is 0.350.